The standard InChI is InChI=1S/C67H64N4O/c1-64(2,3)49-36-37-68-63(42-49)71-59-31-20-19-30-57(59)58-34-33-56(44-61(58)71)72-55-29-21-28-53(43-55)69-45-70(60-35-32-50(41-62(60)69)65(4,5)46-22-13-10-14-23-46)54-39-51(66(6,7)47-24-15-11-16-25-47)38-52(40-54)67(8,9)48-26-17-12-18-27-48/h10-44H,45H2,1-9H3. The zero-order chi connectivity index (χ0) is 50.0. The van der Waals surface area contributed by atoms with Crippen molar-refractivity contribution in [2.75, 3.05) is 16.5 Å². The zero-order valence-electron chi connectivity index (χ0n) is 43.1. The fourth-order valence-electron chi connectivity index (χ4n) is 10.8. The first-order valence-electron chi connectivity index (χ1n) is 25.4. The number of ether oxygens (including phenoxy) is 1. The van der Waals surface area contributed by atoms with E-state index < -0.39 is 0 Å². The first-order chi connectivity index (χ1) is 34.6. The van der Waals surface area contributed by atoms with Crippen molar-refractivity contribution in [2.24, 2.45) is 0 Å². The number of hydrogen-bond donors (Lipinski definition) is 0. The lowest BCUT2D eigenvalue weighted by Crippen LogP contribution is -2.27. The van der Waals surface area contributed by atoms with Crippen molar-refractivity contribution in [3.8, 4) is 17.3 Å². The van der Waals surface area contributed by atoms with Crippen LogP contribution in [0.4, 0.5) is 22.7 Å². The van der Waals surface area contributed by atoms with Crippen LogP contribution >= 0.6 is 0 Å². The summed E-state index contributed by atoms with van der Waals surface area (Å²) in [6.45, 7) is 21.4. The molecule has 0 bridgehead atoms. The molecule has 0 aliphatic carbocycles. The van der Waals surface area contributed by atoms with E-state index in [4.69, 9.17) is 9.72 Å². The van der Waals surface area contributed by atoms with Gasteiger partial charge in [-0.25, -0.2) is 4.98 Å². The second kappa shape index (κ2) is 17.8. The number of anilines is 4. The number of hydrogen-bond acceptors (Lipinski definition) is 4. The zero-order valence-corrected chi connectivity index (χ0v) is 43.1. The van der Waals surface area contributed by atoms with E-state index in [1.807, 2.05) is 6.20 Å². The van der Waals surface area contributed by atoms with Crippen LogP contribution in [-0.2, 0) is 21.7 Å². The molecule has 0 amide bonds. The summed E-state index contributed by atoms with van der Waals surface area (Å²) in [6, 6.07) is 75.0. The second-order valence-corrected chi connectivity index (χ2v) is 22.2. The Labute approximate surface area is 426 Å². The molecular formula is C67H64N4O. The maximum Gasteiger partial charge on any atom is 0.137 e. The van der Waals surface area contributed by atoms with Gasteiger partial charge in [-0.2, -0.15) is 0 Å². The van der Waals surface area contributed by atoms with Crippen LogP contribution in [0.2, 0.25) is 0 Å². The van der Waals surface area contributed by atoms with E-state index in [0.29, 0.717) is 6.67 Å². The average Bonchev–Trinajstić information content (AvgIpc) is 3.95. The highest BCUT2D eigenvalue weighted by molar-refractivity contribution is 6.09. The summed E-state index contributed by atoms with van der Waals surface area (Å²) >= 11 is 0. The topological polar surface area (TPSA) is 33.5 Å². The Kier molecular flexibility index (Phi) is 11.5. The molecule has 0 fully saturated rings. The number of rotatable bonds is 11. The Morgan fingerprint density at radius 2 is 0.931 bits per heavy atom. The van der Waals surface area contributed by atoms with Crippen molar-refractivity contribution in [2.45, 2.75) is 84.0 Å². The highest BCUT2D eigenvalue weighted by Crippen LogP contribution is 2.50. The van der Waals surface area contributed by atoms with Gasteiger partial charge in [0.05, 0.1) is 22.4 Å². The predicted octanol–water partition coefficient (Wildman–Crippen LogP) is 17.5. The van der Waals surface area contributed by atoms with Gasteiger partial charge in [-0.3, -0.25) is 4.57 Å². The third kappa shape index (κ3) is 8.31. The first-order valence-corrected chi connectivity index (χ1v) is 25.4. The van der Waals surface area contributed by atoms with E-state index in [-0.39, 0.29) is 21.7 Å². The largest absolute Gasteiger partial charge is 0.457 e. The lowest BCUT2D eigenvalue weighted by molar-refractivity contribution is 0.483. The van der Waals surface area contributed by atoms with Crippen molar-refractivity contribution in [3.05, 3.63) is 251 Å². The van der Waals surface area contributed by atoms with Gasteiger partial charge in [-0.15, -0.1) is 0 Å². The molecule has 0 spiro atoms. The monoisotopic (exact) mass is 941 g/mol. The van der Waals surface area contributed by atoms with Gasteiger partial charge >= 0.3 is 0 Å². The fourth-order valence-corrected chi connectivity index (χ4v) is 10.8. The van der Waals surface area contributed by atoms with E-state index in [1.165, 1.54) is 44.3 Å². The molecule has 0 radical (unpaired) electrons. The number of nitrogens with zero attached hydrogens (tertiary/aromatic N) is 4. The molecule has 2 aromatic heterocycles. The minimum atomic E-state index is -0.263. The van der Waals surface area contributed by atoms with Gasteiger partial charge in [0.2, 0.25) is 0 Å². The van der Waals surface area contributed by atoms with Crippen molar-refractivity contribution in [3.63, 3.8) is 0 Å². The van der Waals surface area contributed by atoms with Gasteiger partial charge in [0.15, 0.2) is 0 Å². The van der Waals surface area contributed by atoms with Crippen LogP contribution in [-0.4, -0.2) is 16.2 Å². The summed E-state index contributed by atoms with van der Waals surface area (Å²) < 4.78 is 9.18. The maximum absolute atomic E-state index is 6.90. The molecule has 5 heteroatoms. The van der Waals surface area contributed by atoms with Gasteiger partial charge < -0.3 is 14.5 Å². The van der Waals surface area contributed by atoms with E-state index >= 15 is 0 Å². The predicted molar refractivity (Wildman–Crippen MR) is 302 cm³/mol. The molecule has 358 valence electrons. The van der Waals surface area contributed by atoms with Crippen molar-refractivity contribution < 1.29 is 4.74 Å². The average molecular weight is 941 g/mol. The molecule has 0 N–H and O–H groups in total. The van der Waals surface area contributed by atoms with E-state index in [1.54, 1.807) is 0 Å². The van der Waals surface area contributed by atoms with Gasteiger partial charge in [0, 0.05) is 56.7 Å². The van der Waals surface area contributed by atoms with Crippen molar-refractivity contribution >= 4 is 44.6 Å². The molecule has 0 atom stereocenters. The molecule has 10 aromatic rings. The molecule has 8 aromatic carbocycles. The minimum absolute atomic E-state index is 0.0200. The number of benzene rings is 8. The normalized spacial score (nSPS) is 13.2. The molecule has 1 aliphatic rings. The van der Waals surface area contributed by atoms with Crippen LogP contribution in [0.5, 0.6) is 11.5 Å². The van der Waals surface area contributed by atoms with Crippen LogP contribution in [0.25, 0.3) is 27.6 Å². The Morgan fingerprint density at radius 3 is 1.56 bits per heavy atom. The molecule has 3 heterocycles. The molecule has 0 saturated heterocycles. The second-order valence-electron chi connectivity index (χ2n) is 22.2. The summed E-state index contributed by atoms with van der Waals surface area (Å²) in [6.07, 6.45) is 1.93. The highest BCUT2D eigenvalue weighted by atomic mass is 16.5. The SMILES string of the molecule is CC(C)(C)c1ccnc(-n2c3ccccc3c3ccc(Oc4cccc(N5CN(c6cc(C(C)(C)c7ccccc7)cc(C(C)(C)c7ccccc7)c6)c6ccc(C(C)(C)c7ccccc7)cc65)c4)cc32)c1. The van der Waals surface area contributed by atoms with Crippen LogP contribution in [0, 0.1) is 0 Å². The molecule has 72 heavy (non-hydrogen) atoms. The highest BCUT2D eigenvalue weighted by Gasteiger charge is 2.35. The number of para-hydroxylation sites is 1. The van der Waals surface area contributed by atoms with Gasteiger partial charge in [0.25, 0.3) is 0 Å². The lowest BCUT2D eigenvalue weighted by atomic mass is 9.73. The summed E-state index contributed by atoms with van der Waals surface area (Å²) in [4.78, 5) is 9.89. The van der Waals surface area contributed by atoms with Gasteiger partial charge in [0.1, 0.15) is 24.0 Å². The fraction of sp³-hybridized carbons (Fsp3) is 0.209. The van der Waals surface area contributed by atoms with E-state index in [0.717, 1.165) is 56.5 Å². The Bertz CT molecular complexity index is 3530. The third-order valence-corrected chi connectivity index (χ3v) is 15.6. The summed E-state index contributed by atoms with van der Waals surface area (Å²) in [5.74, 6) is 2.42. The summed E-state index contributed by atoms with van der Waals surface area (Å²) in [5, 5.41) is 2.34. The molecule has 0 unspecified atom stereocenters. The van der Waals surface area contributed by atoms with E-state index in [2.05, 4.69) is 283 Å². The van der Waals surface area contributed by atoms with Gasteiger partial charge in [-0.05, 0) is 111 Å². The molecule has 5 nitrogen and oxygen atoms in total. The number of aromatic nitrogens is 2. The van der Waals surface area contributed by atoms with Crippen LogP contribution < -0.4 is 14.5 Å². The Morgan fingerprint density at radius 1 is 0.375 bits per heavy atom. The van der Waals surface area contributed by atoms with Gasteiger partial charge in [-0.1, -0.05) is 190 Å². The van der Waals surface area contributed by atoms with Crippen LogP contribution in [0.3, 0.4) is 0 Å². The Balaban J connectivity index is 1.02. The van der Waals surface area contributed by atoms with Crippen molar-refractivity contribution in [1.29, 1.82) is 0 Å². The van der Waals surface area contributed by atoms with Crippen LogP contribution in [0.1, 0.15) is 101 Å². The lowest BCUT2D eigenvalue weighted by Gasteiger charge is -2.33. The van der Waals surface area contributed by atoms with Crippen LogP contribution in [0.15, 0.2) is 212 Å². The van der Waals surface area contributed by atoms with E-state index in [9.17, 15) is 0 Å². The minimum Gasteiger partial charge on any atom is -0.457 e. The molecule has 1 aliphatic heterocycles. The smallest absolute Gasteiger partial charge is 0.137 e. The summed E-state index contributed by atoms with van der Waals surface area (Å²) in [5.41, 5.74) is 14.8. The Hall–Kier alpha value is -7.89. The quantitative estimate of drug-likeness (QED) is 0.129. The van der Waals surface area contributed by atoms with Crippen molar-refractivity contribution in [1.82, 2.24) is 9.55 Å². The molecule has 11 rings (SSSR count). The summed E-state index contributed by atoms with van der Waals surface area (Å²) in [7, 11) is 0. The third-order valence-electron chi connectivity index (χ3n) is 15.6. The first kappa shape index (κ1) is 46.5. The molecule has 0 saturated carbocycles. The molecular weight excluding hydrogens is 877 g/mol. The number of pyridine rings is 1. The maximum atomic E-state index is 6.90. The number of fused-ring (bicyclic) bond motifs is 4.